The van der Waals surface area contributed by atoms with Crippen molar-refractivity contribution < 1.29 is 4.74 Å². The molecule has 0 amide bonds. The lowest BCUT2D eigenvalue weighted by Crippen LogP contribution is -2.19. The topological polar surface area (TPSA) is 21.3 Å². The number of likely N-dealkylation sites (N-methyl/N-ethyl adjacent to an activating group) is 1. The van der Waals surface area contributed by atoms with Crippen molar-refractivity contribution in [2.45, 2.75) is 18.9 Å². The Morgan fingerprint density at radius 1 is 1.19 bits per heavy atom. The molecule has 0 bridgehead atoms. The van der Waals surface area contributed by atoms with Crippen molar-refractivity contribution >= 4 is 23.2 Å². The molecule has 3 rings (SSSR count). The van der Waals surface area contributed by atoms with Crippen molar-refractivity contribution in [3.05, 3.63) is 63.1 Å². The predicted octanol–water partition coefficient (Wildman–Crippen LogP) is 4.43. The van der Waals surface area contributed by atoms with Crippen LogP contribution in [0.1, 0.15) is 22.7 Å². The van der Waals surface area contributed by atoms with Gasteiger partial charge in [0.2, 0.25) is 0 Å². The van der Waals surface area contributed by atoms with E-state index < -0.39 is 0 Å². The highest BCUT2D eigenvalue weighted by molar-refractivity contribution is 6.36. The number of fused-ring (bicyclic) bond motifs is 1. The molecule has 0 aromatic heterocycles. The molecule has 0 saturated heterocycles. The van der Waals surface area contributed by atoms with Crippen LogP contribution in [0.3, 0.4) is 0 Å². The van der Waals surface area contributed by atoms with Gasteiger partial charge in [-0.15, -0.1) is 0 Å². The zero-order valence-electron chi connectivity index (χ0n) is 11.8. The van der Waals surface area contributed by atoms with Gasteiger partial charge in [-0.2, -0.15) is 0 Å². The summed E-state index contributed by atoms with van der Waals surface area (Å²) < 4.78 is 5.56. The molecule has 1 atom stereocenters. The van der Waals surface area contributed by atoms with E-state index >= 15 is 0 Å². The second-order valence-electron chi connectivity index (χ2n) is 5.21. The Bertz CT molecular complexity index is 637. The lowest BCUT2D eigenvalue weighted by atomic mass is 9.96. The number of nitrogens with one attached hydrogen (secondary N) is 1. The molecule has 1 aliphatic rings. The van der Waals surface area contributed by atoms with Crippen LogP contribution in [0.4, 0.5) is 0 Å². The van der Waals surface area contributed by atoms with Crippen LogP contribution in [0.2, 0.25) is 10.0 Å². The first-order chi connectivity index (χ1) is 10.2. The minimum atomic E-state index is 0.174. The summed E-state index contributed by atoms with van der Waals surface area (Å²) in [5, 5.41) is 4.78. The van der Waals surface area contributed by atoms with Crippen LogP contribution >= 0.6 is 23.2 Å². The van der Waals surface area contributed by atoms with Gasteiger partial charge in [0.15, 0.2) is 0 Å². The standard InChI is InChI=1S/C17H17Cl2NO/c1-20-16(10-13-14(18)3-2-4-15(13)19)11-5-6-17-12(9-11)7-8-21-17/h2-6,9,16,20H,7-8,10H2,1H3. The van der Waals surface area contributed by atoms with E-state index in [1.54, 1.807) is 0 Å². The molecule has 2 aromatic carbocycles. The van der Waals surface area contributed by atoms with Crippen LogP contribution in [0.5, 0.6) is 5.75 Å². The number of rotatable bonds is 4. The van der Waals surface area contributed by atoms with Crippen molar-refractivity contribution in [1.29, 1.82) is 0 Å². The molecule has 1 N–H and O–H groups in total. The van der Waals surface area contributed by atoms with Crippen LogP contribution in [-0.4, -0.2) is 13.7 Å². The summed E-state index contributed by atoms with van der Waals surface area (Å²) in [7, 11) is 1.96. The molecule has 1 heterocycles. The Hall–Kier alpha value is -1.22. The molecular formula is C17H17Cl2NO. The first-order valence-electron chi connectivity index (χ1n) is 7.05. The molecule has 0 spiro atoms. The molecule has 2 aromatic rings. The predicted molar refractivity (Wildman–Crippen MR) is 87.6 cm³/mol. The van der Waals surface area contributed by atoms with Gasteiger partial charge in [-0.05, 0) is 48.4 Å². The maximum atomic E-state index is 6.28. The minimum absolute atomic E-state index is 0.174. The van der Waals surface area contributed by atoms with E-state index in [9.17, 15) is 0 Å². The average Bonchev–Trinajstić information content (AvgIpc) is 2.94. The van der Waals surface area contributed by atoms with Gasteiger partial charge in [0.1, 0.15) is 5.75 Å². The average molecular weight is 322 g/mol. The number of ether oxygens (including phenoxy) is 1. The van der Waals surface area contributed by atoms with Crippen LogP contribution < -0.4 is 10.1 Å². The van der Waals surface area contributed by atoms with Crippen LogP contribution in [-0.2, 0) is 12.8 Å². The van der Waals surface area contributed by atoms with Crippen molar-refractivity contribution in [2.75, 3.05) is 13.7 Å². The summed E-state index contributed by atoms with van der Waals surface area (Å²) in [6.45, 7) is 0.777. The first-order valence-corrected chi connectivity index (χ1v) is 7.80. The normalized spacial score (nSPS) is 14.6. The fourth-order valence-electron chi connectivity index (χ4n) is 2.74. The lowest BCUT2D eigenvalue weighted by molar-refractivity contribution is 0.356. The van der Waals surface area contributed by atoms with Crippen LogP contribution in [0.25, 0.3) is 0 Å². The smallest absolute Gasteiger partial charge is 0.122 e. The Balaban J connectivity index is 1.89. The van der Waals surface area contributed by atoms with E-state index in [1.807, 2.05) is 25.2 Å². The lowest BCUT2D eigenvalue weighted by Gasteiger charge is -2.19. The van der Waals surface area contributed by atoms with Gasteiger partial charge in [0.25, 0.3) is 0 Å². The minimum Gasteiger partial charge on any atom is -0.493 e. The molecular weight excluding hydrogens is 305 g/mol. The summed E-state index contributed by atoms with van der Waals surface area (Å²) in [6.07, 6.45) is 1.74. The maximum Gasteiger partial charge on any atom is 0.122 e. The third-order valence-corrected chi connectivity index (χ3v) is 4.64. The Morgan fingerprint density at radius 3 is 2.67 bits per heavy atom. The second kappa shape index (κ2) is 6.27. The van der Waals surface area contributed by atoms with E-state index in [0.29, 0.717) is 10.0 Å². The Labute approximate surface area is 135 Å². The van der Waals surface area contributed by atoms with Crippen molar-refractivity contribution in [1.82, 2.24) is 5.32 Å². The first kappa shape index (κ1) is 14.7. The Morgan fingerprint density at radius 2 is 1.95 bits per heavy atom. The molecule has 21 heavy (non-hydrogen) atoms. The van der Waals surface area contributed by atoms with E-state index in [-0.39, 0.29) is 6.04 Å². The monoisotopic (exact) mass is 321 g/mol. The number of hydrogen-bond acceptors (Lipinski definition) is 2. The van der Waals surface area contributed by atoms with Gasteiger partial charge in [0, 0.05) is 22.5 Å². The molecule has 0 aliphatic carbocycles. The summed E-state index contributed by atoms with van der Waals surface area (Å²) in [4.78, 5) is 0. The van der Waals surface area contributed by atoms with Gasteiger partial charge in [-0.3, -0.25) is 0 Å². The largest absolute Gasteiger partial charge is 0.493 e. The van der Waals surface area contributed by atoms with Crippen molar-refractivity contribution in [3.8, 4) is 5.75 Å². The third-order valence-electron chi connectivity index (χ3n) is 3.93. The number of hydrogen-bond donors (Lipinski definition) is 1. The molecule has 0 radical (unpaired) electrons. The number of benzene rings is 2. The summed E-state index contributed by atoms with van der Waals surface area (Å²) in [5.74, 6) is 1.00. The molecule has 1 unspecified atom stereocenters. The summed E-state index contributed by atoms with van der Waals surface area (Å²) in [6, 6.07) is 12.2. The number of halogens is 2. The molecule has 2 nitrogen and oxygen atoms in total. The van der Waals surface area contributed by atoms with E-state index in [0.717, 1.165) is 30.8 Å². The van der Waals surface area contributed by atoms with Crippen LogP contribution in [0, 0.1) is 0 Å². The highest BCUT2D eigenvalue weighted by Crippen LogP contribution is 2.32. The van der Waals surface area contributed by atoms with Crippen LogP contribution in [0.15, 0.2) is 36.4 Å². The maximum absolute atomic E-state index is 6.28. The summed E-state index contributed by atoms with van der Waals surface area (Å²) >= 11 is 12.6. The Kier molecular flexibility index (Phi) is 4.39. The second-order valence-corrected chi connectivity index (χ2v) is 6.03. The zero-order chi connectivity index (χ0) is 14.8. The molecule has 1 aliphatic heterocycles. The molecule has 110 valence electrons. The van der Waals surface area contributed by atoms with Gasteiger partial charge >= 0.3 is 0 Å². The van der Waals surface area contributed by atoms with Crippen molar-refractivity contribution in [2.24, 2.45) is 0 Å². The van der Waals surface area contributed by atoms with Gasteiger partial charge in [-0.1, -0.05) is 41.4 Å². The van der Waals surface area contributed by atoms with Gasteiger partial charge < -0.3 is 10.1 Å². The highest BCUT2D eigenvalue weighted by Gasteiger charge is 2.18. The molecule has 4 heteroatoms. The van der Waals surface area contributed by atoms with E-state index in [4.69, 9.17) is 27.9 Å². The molecule has 0 saturated carbocycles. The fraction of sp³-hybridized carbons (Fsp3) is 0.294. The van der Waals surface area contributed by atoms with E-state index in [2.05, 4.69) is 23.5 Å². The zero-order valence-corrected chi connectivity index (χ0v) is 13.3. The summed E-state index contributed by atoms with van der Waals surface area (Å²) in [5.41, 5.74) is 3.49. The molecule has 0 fully saturated rings. The van der Waals surface area contributed by atoms with Gasteiger partial charge in [-0.25, -0.2) is 0 Å². The SMILES string of the molecule is CNC(Cc1c(Cl)cccc1Cl)c1ccc2c(c1)CCO2. The van der Waals surface area contributed by atoms with E-state index in [1.165, 1.54) is 11.1 Å². The van der Waals surface area contributed by atoms with Crippen molar-refractivity contribution in [3.63, 3.8) is 0 Å². The highest BCUT2D eigenvalue weighted by atomic mass is 35.5. The third kappa shape index (κ3) is 3.03. The fourth-order valence-corrected chi connectivity index (χ4v) is 3.29. The quantitative estimate of drug-likeness (QED) is 0.899. The van der Waals surface area contributed by atoms with Gasteiger partial charge in [0.05, 0.1) is 6.61 Å².